The molecule has 1 atom stereocenters. The van der Waals surface area contributed by atoms with Crippen LogP contribution in [-0.2, 0) is 4.74 Å². The third kappa shape index (κ3) is 4.65. The summed E-state index contributed by atoms with van der Waals surface area (Å²) < 4.78 is 53.0. The summed E-state index contributed by atoms with van der Waals surface area (Å²) >= 11 is 0. The number of piperidine rings is 1. The molecule has 0 spiro atoms. The van der Waals surface area contributed by atoms with Gasteiger partial charge in [-0.2, -0.15) is 8.78 Å². The topological polar surface area (TPSA) is 21.3 Å². The molecule has 96 valence electrons. The van der Waals surface area contributed by atoms with Crippen molar-refractivity contribution in [2.24, 2.45) is 5.92 Å². The molecule has 1 N–H and O–H groups in total. The molecular formula is C10H17F4NO. The maximum Gasteiger partial charge on any atom is 0.330 e. The van der Waals surface area contributed by atoms with Gasteiger partial charge < -0.3 is 10.1 Å². The van der Waals surface area contributed by atoms with E-state index in [9.17, 15) is 17.6 Å². The minimum Gasteiger partial charge on any atom is -0.375 e. The average molecular weight is 243 g/mol. The Morgan fingerprint density at radius 3 is 2.69 bits per heavy atom. The first kappa shape index (κ1) is 13.7. The van der Waals surface area contributed by atoms with Crippen LogP contribution in [0.1, 0.15) is 19.3 Å². The fourth-order valence-corrected chi connectivity index (χ4v) is 1.69. The molecule has 1 heterocycles. The highest BCUT2D eigenvalue weighted by Gasteiger charge is 2.40. The molecular weight excluding hydrogens is 226 g/mol. The standard InChI is InChI=1S/C10H17F4NO/c11-9(12)10(13,14)7-16-5-3-8-2-1-4-15-6-8/h8-9,15H,1-7H2. The van der Waals surface area contributed by atoms with Gasteiger partial charge >= 0.3 is 12.3 Å². The lowest BCUT2D eigenvalue weighted by molar-refractivity contribution is -0.166. The molecule has 16 heavy (non-hydrogen) atoms. The molecule has 1 aliphatic rings. The van der Waals surface area contributed by atoms with Gasteiger partial charge in [-0.25, -0.2) is 8.78 Å². The summed E-state index contributed by atoms with van der Waals surface area (Å²) in [5, 5.41) is 3.19. The van der Waals surface area contributed by atoms with E-state index >= 15 is 0 Å². The largest absolute Gasteiger partial charge is 0.375 e. The second-order valence-corrected chi connectivity index (χ2v) is 4.12. The quantitative estimate of drug-likeness (QED) is 0.571. The van der Waals surface area contributed by atoms with Crippen LogP contribution < -0.4 is 5.32 Å². The van der Waals surface area contributed by atoms with Crippen LogP contribution in [0.5, 0.6) is 0 Å². The molecule has 0 amide bonds. The first-order chi connectivity index (χ1) is 7.52. The Morgan fingerprint density at radius 2 is 2.12 bits per heavy atom. The molecule has 1 saturated heterocycles. The molecule has 0 aromatic heterocycles. The van der Waals surface area contributed by atoms with E-state index in [-0.39, 0.29) is 6.61 Å². The Balaban J connectivity index is 2.06. The highest BCUT2D eigenvalue weighted by Crippen LogP contribution is 2.23. The normalized spacial score (nSPS) is 22.7. The van der Waals surface area contributed by atoms with Gasteiger partial charge in [0.05, 0.1) is 0 Å². The summed E-state index contributed by atoms with van der Waals surface area (Å²) in [6.07, 6.45) is -0.893. The Kier molecular flexibility index (Phi) is 5.48. The molecule has 0 aromatic carbocycles. The van der Waals surface area contributed by atoms with Crippen LogP contribution in [0.4, 0.5) is 17.6 Å². The Hall–Kier alpha value is -0.360. The van der Waals surface area contributed by atoms with Crippen molar-refractivity contribution in [3.63, 3.8) is 0 Å². The number of rotatable bonds is 6. The van der Waals surface area contributed by atoms with Crippen molar-refractivity contribution in [3.8, 4) is 0 Å². The van der Waals surface area contributed by atoms with E-state index < -0.39 is 19.0 Å². The zero-order valence-electron chi connectivity index (χ0n) is 9.02. The number of nitrogens with one attached hydrogen (secondary N) is 1. The van der Waals surface area contributed by atoms with Crippen LogP contribution in [0.2, 0.25) is 0 Å². The van der Waals surface area contributed by atoms with E-state index in [0.29, 0.717) is 12.3 Å². The van der Waals surface area contributed by atoms with Crippen LogP contribution in [0.15, 0.2) is 0 Å². The maximum atomic E-state index is 12.4. The molecule has 2 nitrogen and oxygen atoms in total. The van der Waals surface area contributed by atoms with Crippen molar-refractivity contribution in [1.82, 2.24) is 5.32 Å². The van der Waals surface area contributed by atoms with Crippen molar-refractivity contribution in [3.05, 3.63) is 0 Å². The van der Waals surface area contributed by atoms with Gasteiger partial charge in [0.1, 0.15) is 6.61 Å². The molecule has 0 radical (unpaired) electrons. The molecule has 1 unspecified atom stereocenters. The predicted octanol–water partition coefficient (Wildman–Crippen LogP) is 2.29. The molecule has 1 fully saturated rings. The van der Waals surface area contributed by atoms with E-state index in [1.165, 1.54) is 0 Å². The van der Waals surface area contributed by atoms with Crippen molar-refractivity contribution in [2.45, 2.75) is 31.6 Å². The summed E-state index contributed by atoms with van der Waals surface area (Å²) in [4.78, 5) is 0. The van der Waals surface area contributed by atoms with Gasteiger partial charge in [-0.05, 0) is 38.3 Å². The third-order valence-electron chi connectivity index (χ3n) is 2.68. The Bertz CT molecular complexity index is 195. The summed E-state index contributed by atoms with van der Waals surface area (Å²) in [5.41, 5.74) is 0. The third-order valence-corrected chi connectivity index (χ3v) is 2.68. The van der Waals surface area contributed by atoms with E-state index in [1.807, 2.05) is 0 Å². The van der Waals surface area contributed by atoms with Crippen molar-refractivity contribution < 1.29 is 22.3 Å². The van der Waals surface area contributed by atoms with E-state index in [4.69, 9.17) is 0 Å². The summed E-state index contributed by atoms with van der Waals surface area (Å²) in [6, 6.07) is 0. The number of halogens is 4. The second-order valence-electron chi connectivity index (χ2n) is 4.12. The Labute approximate surface area is 92.3 Å². The van der Waals surface area contributed by atoms with Gasteiger partial charge in [-0.3, -0.25) is 0 Å². The van der Waals surface area contributed by atoms with Gasteiger partial charge in [0.2, 0.25) is 0 Å². The molecule has 1 aliphatic heterocycles. The molecule has 0 saturated carbocycles. The highest BCUT2D eigenvalue weighted by molar-refractivity contribution is 4.70. The van der Waals surface area contributed by atoms with Gasteiger partial charge in [0, 0.05) is 6.61 Å². The van der Waals surface area contributed by atoms with Gasteiger partial charge in [0.25, 0.3) is 0 Å². The number of hydrogen-bond donors (Lipinski definition) is 1. The van der Waals surface area contributed by atoms with Crippen LogP contribution in [0, 0.1) is 5.92 Å². The molecule has 0 aliphatic carbocycles. The van der Waals surface area contributed by atoms with Gasteiger partial charge in [-0.15, -0.1) is 0 Å². The molecule has 0 aromatic rings. The zero-order chi connectivity index (χ0) is 12.0. The first-order valence-corrected chi connectivity index (χ1v) is 5.47. The minimum absolute atomic E-state index is 0.120. The maximum absolute atomic E-state index is 12.4. The summed E-state index contributed by atoms with van der Waals surface area (Å²) in [5.74, 6) is -3.61. The number of alkyl halides is 4. The number of ether oxygens (including phenoxy) is 1. The van der Waals surface area contributed by atoms with Crippen molar-refractivity contribution >= 4 is 0 Å². The summed E-state index contributed by atoms with van der Waals surface area (Å²) in [7, 11) is 0. The van der Waals surface area contributed by atoms with Crippen LogP contribution in [0.25, 0.3) is 0 Å². The van der Waals surface area contributed by atoms with E-state index in [1.54, 1.807) is 0 Å². The number of hydrogen-bond acceptors (Lipinski definition) is 2. The molecule has 0 bridgehead atoms. The molecule has 1 rings (SSSR count). The monoisotopic (exact) mass is 243 g/mol. The predicted molar refractivity (Wildman–Crippen MR) is 52.0 cm³/mol. The van der Waals surface area contributed by atoms with Gasteiger partial charge in [0.15, 0.2) is 0 Å². The van der Waals surface area contributed by atoms with Crippen molar-refractivity contribution in [2.75, 3.05) is 26.3 Å². The SMILES string of the molecule is FC(F)C(F)(F)COCCC1CCCNC1. The Morgan fingerprint density at radius 1 is 1.38 bits per heavy atom. The fourth-order valence-electron chi connectivity index (χ4n) is 1.69. The lowest BCUT2D eigenvalue weighted by Crippen LogP contribution is -2.33. The zero-order valence-corrected chi connectivity index (χ0v) is 9.02. The average Bonchev–Trinajstić information content (AvgIpc) is 2.26. The molecule has 6 heteroatoms. The lowest BCUT2D eigenvalue weighted by atomic mass is 9.97. The smallest absolute Gasteiger partial charge is 0.330 e. The van der Waals surface area contributed by atoms with Crippen molar-refractivity contribution in [1.29, 1.82) is 0 Å². The minimum atomic E-state index is -4.02. The van der Waals surface area contributed by atoms with E-state index in [0.717, 1.165) is 25.9 Å². The fraction of sp³-hybridized carbons (Fsp3) is 1.00. The van der Waals surface area contributed by atoms with Crippen LogP contribution >= 0.6 is 0 Å². The first-order valence-electron chi connectivity index (χ1n) is 5.47. The lowest BCUT2D eigenvalue weighted by Gasteiger charge is -2.23. The highest BCUT2D eigenvalue weighted by atomic mass is 19.3. The van der Waals surface area contributed by atoms with E-state index in [2.05, 4.69) is 10.1 Å². The summed E-state index contributed by atoms with van der Waals surface area (Å²) in [6.45, 7) is 0.773. The second kappa shape index (κ2) is 6.39. The van der Waals surface area contributed by atoms with Gasteiger partial charge in [-0.1, -0.05) is 0 Å². The van der Waals surface area contributed by atoms with Crippen LogP contribution in [-0.4, -0.2) is 38.7 Å². The van der Waals surface area contributed by atoms with Crippen LogP contribution in [0.3, 0.4) is 0 Å².